The molecular weight excluding hydrogens is 491 g/mol. The summed E-state index contributed by atoms with van der Waals surface area (Å²) in [5, 5.41) is 6.95. The smallest absolute Gasteiger partial charge is 0.191 e. The molecule has 4 nitrogen and oxygen atoms in total. The molecule has 6 heteroatoms. The van der Waals surface area contributed by atoms with Crippen LogP contribution in [0.15, 0.2) is 45.9 Å². The van der Waals surface area contributed by atoms with Gasteiger partial charge in [0.15, 0.2) is 5.96 Å². The molecule has 1 aromatic carbocycles. The number of halogens is 2. The predicted octanol–water partition coefficient (Wildman–Crippen LogP) is 4.16. The van der Waals surface area contributed by atoms with Gasteiger partial charge in [0.05, 0.1) is 6.54 Å². The molecule has 0 radical (unpaired) electrons. The first kappa shape index (κ1) is 22.4. The number of hydrogen-bond acceptors (Lipinski definition) is 2. The van der Waals surface area contributed by atoms with Gasteiger partial charge in [-0.15, -0.1) is 24.0 Å². The number of rotatable bonds is 6. The molecule has 2 rings (SSSR count). The molecule has 1 aliphatic heterocycles. The van der Waals surface area contributed by atoms with Crippen molar-refractivity contribution in [2.75, 3.05) is 26.2 Å². The number of hydrogen-bond donors (Lipinski definition) is 2. The van der Waals surface area contributed by atoms with Crippen molar-refractivity contribution in [1.29, 1.82) is 0 Å². The summed E-state index contributed by atoms with van der Waals surface area (Å²) in [5.41, 5.74) is 2.46. The number of piperidine rings is 1. The van der Waals surface area contributed by atoms with Gasteiger partial charge in [-0.3, -0.25) is 4.90 Å². The van der Waals surface area contributed by atoms with Gasteiger partial charge >= 0.3 is 0 Å². The van der Waals surface area contributed by atoms with Crippen LogP contribution in [0.1, 0.15) is 32.3 Å². The lowest BCUT2D eigenvalue weighted by Crippen LogP contribution is -2.48. The van der Waals surface area contributed by atoms with Crippen LogP contribution in [0.2, 0.25) is 0 Å². The van der Waals surface area contributed by atoms with Crippen molar-refractivity contribution in [3.63, 3.8) is 0 Å². The summed E-state index contributed by atoms with van der Waals surface area (Å²) >= 11 is 3.47. The zero-order valence-corrected chi connectivity index (χ0v) is 19.1. The fourth-order valence-electron chi connectivity index (χ4n) is 2.89. The molecule has 0 aliphatic carbocycles. The van der Waals surface area contributed by atoms with Crippen LogP contribution < -0.4 is 10.6 Å². The number of guanidine groups is 1. The monoisotopic (exact) mass is 520 g/mol. The third-order valence-corrected chi connectivity index (χ3v) is 4.63. The molecule has 1 aromatic rings. The summed E-state index contributed by atoms with van der Waals surface area (Å²) in [6.07, 6.45) is 2.30. The van der Waals surface area contributed by atoms with E-state index in [1.807, 2.05) is 0 Å². The van der Waals surface area contributed by atoms with E-state index in [1.165, 1.54) is 11.1 Å². The van der Waals surface area contributed by atoms with Gasteiger partial charge in [-0.05, 0) is 44.4 Å². The topological polar surface area (TPSA) is 39.7 Å². The highest BCUT2D eigenvalue weighted by molar-refractivity contribution is 14.0. The Hall–Kier alpha value is -0.600. The van der Waals surface area contributed by atoms with Crippen LogP contribution in [0.3, 0.4) is 0 Å². The van der Waals surface area contributed by atoms with Crippen LogP contribution in [-0.4, -0.2) is 43.1 Å². The van der Waals surface area contributed by atoms with Crippen molar-refractivity contribution in [3.8, 4) is 0 Å². The Morgan fingerprint density at radius 3 is 2.48 bits per heavy atom. The second kappa shape index (κ2) is 11.9. The number of likely N-dealkylation sites (tertiary alicyclic amines) is 1. The quantitative estimate of drug-likeness (QED) is 0.256. The average molecular weight is 521 g/mol. The maximum absolute atomic E-state index is 4.73. The molecule has 2 N–H and O–H groups in total. The van der Waals surface area contributed by atoms with Gasteiger partial charge in [0.1, 0.15) is 0 Å². The van der Waals surface area contributed by atoms with Crippen LogP contribution in [0.4, 0.5) is 0 Å². The van der Waals surface area contributed by atoms with E-state index in [-0.39, 0.29) is 24.0 Å². The summed E-state index contributed by atoms with van der Waals surface area (Å²) in [7, 11) is 0. The van der Waals surface area contributed by atoms with Crippen molar-refractivity contribution < 1.29 is 0 Å². The highest BCUT2D eigenvalue weighted by Crippen LogP contribution is 2.13. The van der Waals surface area contributed by atoms with Crippen LogP contribution in [-0.2, 0) is 6.54 Å². The first-order valence-electron chi connectivity index (χ1n) is 8.73. The SMILES string of the molecule is C=C(C)CN1CCC(NC(=NCc2ccc(Br)cc2)NCC)CC1.I. The number of nitrogens with one attached hydrogen (secondary N) is 2. The van der Waals surface area contributed by atoms with Crippen LogP contribution >= 0.6 is 39.9 Å². The highest BCUT2D eigenvalue weighted by Gasteiger charge is 2.19. The Morgan fingerprint density at radius 2 is 1.92 bits per heavy atom. The fraction of sp³-hybridized carbons (Fsp3) is 0.526. The molecule has 0 spiro atoms. The zero-order chi connectivity index (χ0) is 17.4. The van der Waals surface area contributed by atoms with Crippen molar-refractivity contribution in [2.45, 2.75) is 39.3 Å². The molecule has 1 fully saturated rings. The summed E-state index contributed by atoms with van der Waals surface area (Å²) in [6.45, 7) is 13.0. The van der Waals surface area contributed by atoms with Gasteiger partial charge in [-0.25, -0.2) is 4.99 Å². The first-order chi connectivity index (χ1) is 11.6. The van der Waals surface area contributed by atoms with Crippen LogP contribution in [0.25, 0.3) is 0 Å². The van der Waals surface area contributed by atoms with E-state index in [2.05, 4.69) is 76.2 Å². The number of benzene rings is 1. The van der Waals surface area contributed by atoms with Gasteiger partial charge in [0.2, 0.25) is 0 Å². The standard InChI is InChI=1S/C19H29BrN4.HI/c1-4-21-19(22-13-16-5-7-17(20)8-6-16)23-18-9-11-24(12-10-18)14-15(2)3;/h5-8,18H,2,4,9-14H2,1,3H3,(H2,21,22,23);1H. The normalized spacial score (nSPS) is 16.2. The van der Waals surface area contributed by atoms with E-state index in [9.17, 15) is 0 Å². The van der Waals surface area contributed by atoms with Gasteiger partial charge < -0.3 is 10.6 Å². The zero-order valence-electron chi connectivity index (χ0n) is 15.2. The van der Waals surface area contributed by atoms with Gasteiger partial charge in [-0.2, -0.15) is 0 Å². The first-order valence-corrected chi connectivity index (χ1v) is 9.52. The van der Waals surface area contributed by atoms with E-state index in [4.69, 9.17) is 4.99 Å². The van der Waals surface area contributed by atoms with E-state index in [1.54, 1.807) is 0 Å². The summed E-state index contributed by atoms with van der Waals surface area (Å²) in [4.78, 5) is 7.20. The Morgan fingerprint density at radius 1 is 1.28 bits per heavy atom. The summed E-state index contributed by atoms with van der Waals surface area (Å²) in [6, 6.07) is 8.82. The lowest BCUT2D eigenvalue weighted by Gasteiger charge is -2.33. The summed E-state index contributed by atoms with van der Waals surface area (Å²) in [5.74, 6) is 0.916. The minimum absolute atomic E-state index is 0. The predicted molar refractivity (Wildman–Crippen MR) is 122 cm³/mol. The molecule has 1 aliphatic rings. The molecule has 0 aromatic heterocycles. The van der Waals surface area contributed by atoms with Crippen molar-refractivity contribution in [3.05, 3.63) is 46.5 Å². The van der Waals surface area contributed by atoms with Crippen LogP contribution in [0, 0.1) is 0 Å². The maximum atomic E-state index is 4.73. The van der Waals surface area contributed by atoms with Gasteiger partial charge in [0, 0.05) is 36.7 Å². The molecule has 0 unspecified atom stereocenters. The summed E-state index contributed by atoms with van der Waals surface area (Å²) < 4.78 is 1.10. The van der Waals surface area contributed by atoms with E-state index >= 15 is 0 Å². The molecule has 25 heavy (non-hydrogen) atoms. The molecule has 0 atom stereocenters. The second-order valence-electron chi connectivity index (χ2n) is 6.47. The van der Waals surface area contributed by atoms with Crippen molar-refractivity contribution in [2.24, 2.45) is 4.99 Å². The van der Waals surface area contributed by atoms with Crippen LogP contribution in [0.5, 0.6) is 0 Å². The van der Waals surface area contributed by atoms with E-state index in [0.29, 0.717) is 12.6 Å². The average Bonchev–Trinajstić information content (AvgIpc) is 2.55. The van der Waals surface area contributed by atoms with Gasteiger partial charge in [0.25, 0.3) is 0 Å². The number of aliphatic imine (C=N–C) groups is 1. The second-order valence-corrected chi connectivity index (χ2v) is 7.39. The van der Waals surface area contributed by atoms with Gasteiger partial charge in [-0.1, -0.05) is 40.2 Å². The molecule has 140 valence electrons. The largest absolute Gasteiger partial charge is 0.357 e. The lowest BCUT2D eigenvalue weighted by molar-refractivity contribution is 0.221. The molecular formula is C19H30BrIN4. The minimum Gasteiger partial charge on any atom is -0.357 e. The third kappa shape index (κ3) is 8.55. The van der Waals surface area contributed by atoms with E-state index < -0.39 is 0 Å². The molecule has 1 heterocycles. The Bertz CT molecular complexity index is 551. The maximum Gasteiger partial charge on any atom is 0.191 e. The highest BCUT2D eigenvalue weighted by atomic mass is 127. The molecule has 0 bridgehead atoms. The number of nitrogens with zero attached hydrogens (tertiary/aromatic N) is 2. The van der Waals surface area contributed by atoms with Crippen molar-refractivity contribution >= 4 is 45.9 Å². The van der Waals surface area contributed by atoms with E-state index in [0.717, 1.165) is 49.5 Å². The fourth-order valence-corrected chi connectivity index (χ4v) is 3.15. The minimum atomic E-state index is 0. The van der Waals surface area contributed by atoms with Crippen molar-refractivity contribution in [1.82, 2.24) is 15.5 Å². The Balaban J connectivity index is 0.00000312. The third-order valence-electron chi connectivity index (χ3n) is 4.10. The Kier molecular flexibility index (Phi) is 10.7. The lowest BCUT2D eigenvalue weighted by atomic mass is 10.0. The Labute approximate surface area is 177 Å². The molecule has 0 saturated carbocycles. The molecule has 0 amide bonds. The molecule has 1 saturated heterocycles.